The van der Waals surface area contributed by atoms with Crippen molar-refractivity contribution in [2.75, 3.05) is 26.2 Å². The SMILES string of the molecule is CC(Oc1ccccc1)C(=O)N1CCN(Cc2nc(-c3ccco3)cs2)CC1. The van der Waals surface area contributed by atoms with Gasteiger partial charge >= 0.3 is 0 Å². The van der Waals surface area contributed by atoms with Gasteiger partial charge in [0, 0.05) is 31.6 Å². The number of thiazole rings is 1. The summed E-state index contributed by atoms with van der Waals surface area (Å²) in [6, 6.07) is 13.3. The predicted octanol–water partition coefficient (Wildman–Crippen LogP) is 3.51. The van der Waals surface area contributed by atoms with Crippen LogP contribution in [0.3, 0.4) is 0 Å². The fourth-order valence-electron chi connectivity index (χ4n) is 3.25. The zero-order valence-electron chi connectivity index (χ0n) is 15.8. The Bertz CT molecular complexity index is 887. The third kappa shape index (κ3) is 4.43. The average molecular weight is 398 g/mol. The number of carbonyl (C=O) groups excluding carboxylic acids is 1. The Morgan fingerprint density at radius 3 is 2.68 bits per heavy atom. The van der Waals surface area contributed by atoms with E-state index in [1.54, 1.807) is 17.6 Å². The number of hydrogen-bond acceptors (Lipinski definition) is 6. The molecule has 0 radical (unpaired) electrons. The van der Waals surface area contributed by atoms with Crippen molar-refractivity contribution >= 4 is 17.2 Å². The van der Waals surface area contributed by atoms with E-state index in [0.717, 1.165) is 41.8 Å². The van der Waals surface area contributed by atoms with Crippen molar-refractivity contribution in [3.63, 3.8) is 0 Å². The molecule has 0 N–H and O–H groups in total. The van der Waals surface area contributed by atoms with Gasteiger partial charge in [0.25, 0.3) is 5.91 Å². The topological polar surface area (TPSA) is 58.8 Å². The van der Waals surface area contributed by atoms with Gasteiger partial charge < -0.3 is 14.1 Å². The van der Waals surface area contributed by atoms with Crippen LogP contribution in [0.25, 0.3) is 11.5 Å². The molecular weight excluding hydrogens is 374 g/mol. The molecule has 0 saturated carbocycles. The molecule has 1 aromatic carbocycles. The van der Waals surface area contributed by atoms with E-state index in [1.807, 2.05) is 59.7 Å². The molecule has 0 bridgehead atoms. The molecule has 1 unspecified atom stereocenters. The fraction of sp³-hybridized carbons (Fsp3) is 0.333. The minimum Gasteiger partial charge on any atom is -0.481 e. The van der Waals surface area contributed by atoms with Crippen LogP contribution in [0.15, 0.2) is 58.5 Å². The molecule has 1 fully saturated rings. The van der Waals surface area contributed by atoms with Crippen molar-refractivity contribution in [2.24, 2.45) is 0 Å². The first-order chi connectivity index (χ1) is 13.7. The highest BCUT2D eigenvalue weighted by molar-refractivity contribution is 7.09. The molecule has 1 aliphatic rings. The molecule has 7 heteroatoms. The quantitative estimate of drug-likeness (QED) is 0.637. The second-order valence-electron chi connectivity index (χ2n) is 6.78. The number of furan rings is 1. The number of piperazine rings is 1. The number of amides is 1. The summed E-state index contributed by atoms with van der Waals surface area (Å²) in [6.45, 7) is 5.69. The largest absolute Gasteiger partial charge is 0.481 e. The van der Waals surface area contributed by atoms with Gasteiger partial charge in [-0.05, 0) is 31.2 Å². The highest BCUT2D eigenvalue weighted by Gasteiger charge is 2.26. The zero-order valence-corrected chi connectivity index (χ0v) is 16.6. The van der Waals surface area contributed by atoms with Crippen LogP contribution in [0.5, 0.6) is 5.75 Å². The number of nitrogens with zero attached hydrogens (tertiary/aromatic N) is 3. The van der Waals surface area contributed by atoms with Gasteiger partial charge in [0.1, 0.15) is 16.5 Å². The minimum absolute atomic E-state index is 0.0397. The van der Waals surface area contributed by atoms with Crippen LogP contribution in [0.2, 0.25) is 0 Å². The molecule has 0 spiro atoms. The first-order valence-electron chi connectivity index (χ1n) is 9.40. The molecule has 1 atom stereocenters. The van der Waals surface area contributed by atoms with Gasteiger partial charge in [0.2, 0.25) is 0 Å². The number of carbonyl (C=O) groups is 1. The Balaban J connectivity index is 1.27. The van der Waals surface area contributed by atoms with E-state index in [1.165, 1.54) is 0 Å². The van der Waals surface area contributed by atoms with E-state index < -0.39 is 6.10 Å². The summed E-state index contributed by atoms with van der Waals surface area (Å²) in [6.07, 6.45) is 1.18. The zero-order chi connectivity index (χ0) is 19.3. The van der Waals surface area contributed by atoms with Crippen LogP contribution in [-0.4, -0.2) is 53.0 Å². The van der Waals surface area contributed by atoms with Crippen LogP contribution >= 0.6 is 11.3 Å². The third-order valence-electron chi connectivity index (χ3n) is 4.77. The lowest BCUT2D eigenvalue weighted by Crippen LogP contribution is -2.51. The van der Waals surface area contributed by atoms with E-state index in [0.29, 0.717) is 13.1 Å². The Morgan fingerprint density at radius 1 is 1.18 bits per heavy atom. The van der Waals surface area contributed by atoms with Crippen molar-refractivity contribution in [3.8, 4) is 17.2 Å². The van der Waals surface area contributed by atoms with Crippen LogP contribution in [0.1, 0.15) is 11.9 Å². The first kappa shape index (κ1) is 18.7. The van der Waals surface area contributed by atoms with Crippen LogP contribution in [-0.2, 0) is 11.3 Å². The standard InChI is InChI=1S/C21H23N3O3S/c1-16(27-17-6-3-2-4-7-17)21(25)24-11-9-23(10-12-24)14-20-22-18(15-28-20)19-8-5-13-26-19/h2-8,13,15-16H,9-12,14H2,1H3. The molecule has 2 aromatic heterocycles. The molecular formula is C21H23N3O3S. The summed E-state index contributed by atoms with van der Waals surface area (Å²) in [5.41, 5.74) is 0.880. The van der Waals surface area contributed by atoms with Crippen LogP contribution in [0.4, 0.5) is 0 Å². The number of ether oxygens (including phenoxy) is 1. The Hall–Kier alpha value is -2.64. The molecule has 0 aliphatic carbocycles. The summed E-state index contributed by atoms with van der Waals surface area (Å²) < 4.78 is 11.2. The third-order valence-corrected chi connectivity index (χ3v) is 5.61. The number of para-hydroxylation sites is 1. The monoisotopic (exact) mass is 397 g/mol. The molecule has 1 amide bonds. The Labute approximate surface area is 168 Å². The summed E-state index contributed by atoms with van der Waals surface area (Å²) in [4.78, 5) is 21.5. The molecule has 4 rings (SSSR count). The predicted molar refractivity (Wildman–Crippen MR) is 108 cm³/mol. The molecule has 1 saturated heterocycles. The van der Waals surface area contributed by atoms with Gasteiger partial charge in [-0.25, -0.2) is 4.98 Å². The van der Waals surface area contributed by atoms with Gasteiger partial charge in [-0.15, -0.1) is 11.3 Å². The Morgan fingerprint density at radius 2 is 1.96 bits per heavy atom. The Kier molecular flexibility index (Phi) is 5.73. The number of rotatable bonds is 6. The average Bonchev–Trinajstić information content (AvgIpc) is 3.40. The second-order valence-corrected chi connectivity index (χ2v) is 7.72. The van der Waals surface area contributed by atoms with Crippen LogP contribution in [0, 0.1) is 0 Å². The highest BCUT2D eigenvalue weighted by atomic mass is 32.1. The van der Waals surface area contributed by atoms with Crippen molar-refractivity contribution in [1.29, 1.82) is 0 Å². The number of benzene rings is 1. The maximum absolute atomic E-state index is 12.7. The number of hydrogen-bond donors (Lipinski definition) is 0. The number of aromatic nitrogens is 1. The summed E-state index contributed by atoms with van der Waals surface area (Å²) in [5, 5.41) is 3.09. The molecule has 28 heavy (non-hydrogen) atoms. The lowest BCUT2D eigenvalue weighted by atomic mass is 10.2. The van der Waals surface area contributed by atoms with Gasteiger partial charge in [0.15, 0.2) is 11.9 Å². The van der Waals surface area contributed by atoms with Crippen molar-refractivity contribution in [3.05, 3.63) is 59.1 Å². The second kappa shape index (κ2) is 8.58. The van der Waals surface area contributed by atoms with E-state index in [2.05, 4.69) is 9.88 Å². The van der Waals surface area contributed by atoms with Gasteiger partial charge in [-0.1, -0.05) is 18.2 Å². The maximum Gasteiger partial charge on any atom is 0.263 e. The molecule has 1 aliphatic heterocycles. The van der Waals surface area contributed by atoms with E-state index in [-0.39, 0.29) is 5.91 Å². The van der Waals surface area contributed by atoms with Crippen LogP contribution < -0.4 is 4.74 Å². The van der Waals surface area contributed by atoms with Gasteiger partial charge in [0.05, 0.1) is 12.8 Å². The van der Waals surface area contributed by atoms with Crippen molar-refractivity contribution in [2.45, 2.75) is 19.6 Å². The lowest BCUT2D eigenvalue weighted by molar-refractivity contribution is -0.139. The first-order valence-corrected chi connectivity index (χ1v) is 10.3. The molecule has 3 heterocycles. The fourth-order valence-corrected chi connectivity index (χ4v) is 4.07. The van der Waals surface area contributed by atoms with E-state index in [4.69, 9.17) is 9.15 Å². The highest BCUT2D eigenvalue weighted by Crippen LogP contribution is 2.23. The van der Waals surface area contributed by atoms with Crippen molar-refractivity contribution in [1.82, 2.24) is 14.8 Å². The van der Waals surface area contributed by atoms with Gasteiger partial charge in [-0.2, -0.15) is 0 Å². The molecule has 3 aromatic rings. The normalized spacial score (nSPS) is 16.1. The molecule has 6 nitrogen and oxygen atoms in total. The summed E-state index contributed by atoms with van der Waals surface area (Å²) in [5.74, 6) is 1.56. The molecule has 146 valence electrons. The van der Waals surface area contributed by atoms with E-state index >= 15 is 0 Å². The summed E-state index contributed by atoms with van der Waals surface area (Å²) >= 11 is 1.64. The minimum atomic E-state index is -0.483. The van der Waals surface area contributed by atoms with Gasteiger partial charge in [-0.3, -0.25) is 9.69 Å². The lowest BCUT2D eigenvalue weighted by Gasteiger charge is -2.35. The smallest absolute Gasteiger partial charge is 0.263 e. The van der Waals surface area contributed by atoms with Crippen molar-refractivity contribution < 1.29 is 13.9 Å². The van der Waals surface area contributed by atoms with E-state index in [9.17, 15) is 4.79 Å². The maximum atomic E-state index is 12.7. The summed E-state index contributed by atoms with van der Waals surface area (Å²) in [7, 11) is 0.